The molecule has 2 heterocycles. The van der Waals surface area contributed by atoms with Crippen molar-refractivity contribution in [3.05, 3.63) is 11.7 Å². The van der Waals surface area contributed by atoms with Crippen LogP contribution in [0.25, 0.3) is 0 Å². The number of nitrogens with one attached hydrogen (secondary N) is 1. The second kappa shape index (κ2) is 7.90. The highest BCUT2D eigenvalue weighted by Crippen LogP contribution is 2.37. The van der Waals surface area contributed by atoms with Gasteiger partial charge in [0.1, 0.15) is 6.10 Å². The van der Waals surface area contributed by atoms with Gasteiger partial charge in [-0.15, -0.1) is 0 Å². The van der Waals surface area contributed by atoms with Gasteiger partial charge in [0.2, 0.25) is 11.7 Å². The van der Waals surface area contributed by atoms with Crippen LogP contribution in [-0.2, 0) is 10.2 Å². The molecule has 1 aliphatic heterocycles. The third-order valence-electron chi connectivity index (χ3n) is 4.39. The average Bonchev–Trinajstić information content (AvgIpc) is 2.99. The predicted octanol–water partition coefficient (Wildman–Crippen LogP) is 3.37. The first-order valence-electron chi connectivity index (χ1n) is 8.42. The van der Waals surface area contributed by atoms with Crippen LogP contribution in [0.15, 0.2) is 4.52 Å². The maximum absolute atomic E-state index is 5.76. The Morgan fingerprint density at radius 2 is 2.00 bits per heavy atom. The lowest BCUT2D eigenvalue weighted by molar-refractivity contribution is 0.0477. The number of rotatable bonds is 8. The first-order valence-corrected chi connectivity index (χ1v) is 8.42. The Labute approximate surface area is 127 Å². The van der Waals surface area contributed by atoms with Crippen molar-refractivity contribution in [3.63, 3.8) is 0 Å². The van der Waals surface area contributed by atoms with Gasteiger partial charge in [-0.3, -0.25) is 0 Å². The van der Waals surface area contributed by atoms with Crippen molar-refractivity contribution in [3.8, 4) is 0 Å². The van der Waals surface area contributed by atoms with E-state index in [-0.39, 0.29) is 11.5 Å². The van der Waals surface area contributed by atoms with E-state index >= 15 is 0 Å². The molecule has 0 amide bonds. The molecule has 5 nitrogen and oxygen atoms in total. The van der Waals surface area contributed by atoms with Gasteiger partial charge in [-0.25, -0.2) is 0 Å². The number of piperidine rings is 1. The predicted molar refractivity (Wildman–Crippen MR) is 82.3 cm³/mol. The Morgan fingerprint density at radius 3 is 2.62 bits per heavy atom. The summed E-state index contributed by atoms with van der Waals surface area (Å²) in [5.74, 6) is 1.55. The van der Waals surface area contributed by atoms with Crippen LogP contribution in [0.3, 0.4) is 0 Å². The first-order chi connectivity index (χ1) is 10.3. The van der Waals surface area contributed by atoms with Crippen LogP contribution in [-0.4, -0.2) is 29.8 Å². The van der Waals surface area contributed by atoms with Gasteiger partial charge in [0.25, 0.3) is 0 Å². The zero-order valence-electron chi connectivity index (χ0n) is 13.7. The van der Waals surface area contributed by atoms with Crippen molar-refractivity contribution in [1.29, 1.82) is 0 Å². The Balaban J connectivity index is 2.19. The fraction of sp³-hybridized carbons (Fsp3) is 0.875. The van der Waals surface area contributed by atoms with E-state index in [1.165, 1.54) is 0 Å². The molecule has 1 fully saturated rings. The van der Waals surface area contributed by atoms with Crippen LogP contribution in [0.4, 0.5) is 0 Å². The van der Waals surface area contributed by atoms with E-state index in [0.29, 0.717) is 6.61 Å². The lowest BCUT2D eigenvalue weighted by Gasteiger charge is -2.34. The maximum Gasteiger partial charge on any atom is 0.233 e. The van der Waals surface area contributed by atoms with Crippen LogP contribution >= 0.6 is 0 Å². The van der Waals surface area contributed by atoms with Crippen molar-refractivity contribution < 1.29 is 9.26 Å². The summed E-state index contributed by atoms with van der Waals surface area (Å²) in [6.45, 7) is 9.12. The van der Waals surface area contributed by atoms with Gasteiger partial charge in [0.15, 0.2) is 0 Å². The smallest absolute Gasteiger partial charge is 0.233 e. The van der Waals surface area contributed by atoms with E-state index in [2.05, 4.69) is 24.3 Å². The molecule has 0 saturated carbocycles. The van der Waals surface area contributed by atoms with E-state index in [1.54, 1.807) is 0 Å². The van der Waals surface area contributed by atoms with Gasteiger partial charge in [-0.05, 0) is 45.7 Å². The van der Waals surface area contributed by atoms with Gasteiger partial charge < -0.3 is 14.6 Å². The quantitative estimate of drug-likeness (QED) is 0.796. The van der Waals surface area contributed by atoms with Gasteiger partial charge in [-0.1, -0.05) is 31.8 Å². The molecule has 0 spiro atoms. The number of nitrogens with zero attached hydrogens (tertiary/aromatic N) is 2. The third kappa shape index (κ3) is 3.83. The van der Waals surface area contributed by atoms with Crippen molar-refractivity contribution in [2.75, 3.05) is 19.7 Å². The van der Waals surface area contributed by atoms with E-state index < -0.39 is 0 Å². The Morgan fingerprint density at radius 1 is 1.24 bits per heavy atom. The molecule has 1 aromatic rings. The summed E-state index contributed by atoms with van der Waals surface area (Å²) in [6.07, 6.45) is 6.38. The lowest BCUT2D eigenvalue weighted by Crippen LogP contribution is -2.40. The number of aromatic nitrogens is 2. The lowest BCUT2D eigenvalue weighted by atomic mass is 9.75. The third-order valence-corrected chi connectivity index (χ3v) is 4.39. The minimum absolute atomic E-state index is 0.0297. The highest BCUT2D eigenvalue weighted by molar-refractivity contribution is 5.08. The fourth-order valence-electron chi connectivity index (χ4n) is 3.29. The van der Waals surface area contributed by atoms with Crippen LogP contribution in [0.1, 0.15) is 77.1 Å². The number of hydrogen-bond acceptors (Lipinski definition) is 5. The topological polar surface area (TPSA) is 60.2 Å². The molecule has 5 heteroatoms. The van der Waals surface area contributed by atoms with E-state index in [1.807, 2.05) is 6.92 Å². The molecular formula is C16H29N3O2. The summed E-state index contributed by atoms with van der Waals surface area (Å²) in [5.41, 5.74) is 0.0637. The van der Waals surface area contributed by atoms with E-state index in [4.69, 9.17) is 14.2 Å². The normalized spacial score (nSPS) is 19.6. The minimum atomic E-state index is -0.0297. The highest BCUT2D eigenvalue weighted by atomic mass is 16.5. The van der Waals surface area contributed by atoms with Crippen molar-refractivity contribution in [1.82, 2.24) is 15.5 Å². The van der Waals surface area contributed by atoms with Gasteiger partial charge >= 0.3 is 0 Å². The summed E-state index contributed by atoms with van der Waals surface area (Å²) in [5, 5.41) is 7.65. The van der Waals surface area contributed by atoms with Crippen LogP contribution in [0.5, 0.6) is 0 Å². The molecule has 1 N–H and O–H groups in total. The standard InChI is InChI=1S/C16H29N3O2/c1-4-7-13(20-6-3)14-18-15(21-19-14)16(8-5-2)9-11-17-12-10-16/h13,17H,4-12H2,1-3H3. The Bertz CT molecular complexity index is 402. The largest absolute Gasteiger partial charge is 0.370 e. The van der Waals surface area contributed by atoms with Crippen molar-refractivity contribution in [2.24, 2.45) is 0 Å². The fourth-order valence-corrected chi connectivity index (χ4v) is 3.29. The molecule has 1 atom stereocenters. The summed E-state index contributed by atoms with van der Waals surface area (Å²) in [7, 11) is 0. The first kappa shape index (κ1) is 16.4. The summed E-state index contributed by atoms with van der Waals surface area (Å²) in [6, 6.07) is 0. The minimum Gasteiger partial charge on any atom is -0.370 e. The summed E-state index contributed by atoms with van der Waals surface area (Å²) < 4.78 is 11.4. The van der Waals surface area contributed by atoms with Gasteiger partial charge in [-0.2, -0.15) is 4.98 Å². The number of hydrogen-bond donors (Lipinski definition) is 1. The Kier molecular flexibility index (Phi) is 6.18. The van der Waals surface area contributed by atoms with E-state index in [9.17, 15) is 0 Å². The van der Waals surface area contributed by atoms with Gasteiger partial charge in [0.05, 0.1) is 5.41 Å². The molecule has 0 radical (unpaired) electrons. The summed E-state index contributed by atoms with van der Waals surface area (Å²) in [4.78, 5) is 4.73. The van der Waals surface area contributed by atoms with Crippen molar-refractivity contribution in [2.45, 2.75) is 70.8 Å². The zero-order valence-corrected chi connectivity index (χ0v) is 13.7. The molecular weight excluding hydrogens is 266 g/mol. The molecule has 1 unspecified atom stereocenters. The molecule has 0 aromatic carbocycles. The monoisotopic (exact) mass is 295 g/mol. The maximum atomic E-state index is 5.76. The van der Waals surface area contributed by atoms with Crippen molar-refractivity contribution >= 4 is 0 Å². The molecule has 21 heavy (non-hydrogen) atoms. The van der Waals surface area contributed by atoms with E-state index in [0.717, 1.165) is 63.3 Å². The summed E-state index contributed by atoms with van der Waals surface area (Å²) >= 11 is 0. The zero-order chi connectivity index (χ0) is 15.1. The second-order valence-electron chi connectivity index (χ2n) is 5.97. The second-order valence-corrected chi connectivity index (χ2v) is 5.97. The van der Waals surface area contributed by atoms with Crippen LogP contribution in [0, 0.1) is 0 Å². The highest BCUT2D eigenvalue weighted by Gasteiger charge is 2.38. The molecule has 0 aliphatic carbocycles. The van der Waals surface area contributed by atoms with Gasteiger partial charge in [0, 0.05) is 6.61 Å². The SMILES string of the molecule is CCCC(OCC)c1noc(C2(CCC)CCNCC2)n1. The van der Waals surface area contributed by atoms with Crippen LogP contribution in [0.2, 0.25) is 0 Å². The molecule has 1 aliphatic rings. The molecule has 1 saturated heterocycles. The molecule has 120 valence electrons. The molecule has 2 rings (SSSR count). The molecule has 1 aromatic heterocycles. The average molecular weight is 295 g/mol. The Hall–Kier alpha value is -0.940. The number of ether oxygens (including phenoxy) is 1. The molecule has 0 bridgehead atoms. The van der Waals surface area contributed by atoms with Crippen LogP contribution < -0.4 is 5.32 Å².